The molecule has 0 bridgehead atoms. The number of hydrogen-bond acceptors (Lipinski definition) is 3. The van der Waals surface area contributed by atoms with Crippen molar-refractivity contribution >= 4 is 35.1 Å². The second-order valence-corrected chi connectivity index (χ2v) is 8.58. The average Bonchev–Trinajstić information content (AvgIpc) is 3.01. The lowest BCUT2D eigenvalue weighted by Gasteiger charge is -2.23. The predicted octanol–water partition coefficient (Wildman–Crippen LogP) is 3.49. The monoisotopic (exact) mass is 434 g/mol. The highest BCUT2D eigenvalue weighted by Crippen LogP contribution is 2.26. The van der Waals surface area contributed by atoms with Crippen molar-refractivity contribution in [2.45, 2.75) is 44.9 Å². The maximum absolute atomic E-state index is 12.5. The molecule has 1 aromatic carbocycles. The summed E-state index contributed by atoms with van der Waals surface area (Å²) in [7, 11) is 0. The summed E-state index contributed by atoms with van der Waals surface area (Å²) in [4.78, 5) is 40.6. The van der Waals surface area contributed by atoms with Crippen LogP contribution in [0.25, 0.3) is 0 Å². The van der Waals surface area contributed by atoms with Crippen molar-refractivity contribution in [1.82, 2.24) is 15.1 Å². The number of benzene rings is 1. The van der Waals surface area contributed by atoms with Crippen molar-refractivity contribution in [1.29, 1.82) is 0 Å². The zero-order valence-corrected chi connectivity index (χ0v) is 18.1. The Hall–Kier alpha value is -2.28. The van der Waals surface area contributed by atoms with Gasteiger partial charge in [-0.25, -0.2) is 4.79 Å². The van der Waals surface area contributed by atoms with Gasteiger partial charge in [-0.3, -0.25) is 9.59 Å². The number of anilines is 1. The van der Waals surface area contributed by atoms with Gasteiger partial charge in [-0.05, 0) is 49.4 Å². The summed E-state index contributed by atoms with van der Waals surface area (Å²) in [6, 6.07) is 6.77. The standard InChI is InChI=1S/C22H31ClN4O3/c23-18-7-9-19(10-8-18)25-22(30)27-12-4-11-26(13-14-27)21(29)16-24-20(28)15-17-5-2-1-3-6-17/h7-10,17H,1-6,11-16H2,(H,24,28)(H,25,30). The molecule has 1 aliphatic carbocycles. The van der Waals surface area contributed by atoms with E-state index in [9.17, 15) is 14.4 Å². The Morgan fingerprint density at radius 3 is 2.30 bits per heavy atom. The maximum Gasteiger partial charge on any atom is 0.321 e. The Bertz CT molecular complexity index is 734. The topological polar surface area (TPSA) is 81.8 Å². The number of nitrogens with zero attached hydrogens (tertiary/aromatic N) is 2. The SMILES string of the molecule is O=C(CC1CCCCC1)NCC(=O)N1CCCN(C(=O)Nc2ccc(Cl)cc2)CC1. The van der Waals surface area contributed by atoms with E-state index in [4.69, 9.17) is 11.6 Å². The molecule has 0 aromatic heterocycles. The minimum absolute atomic E-state index is 0.0303. The molecule has 1 saturated heterocycles. The summed E-state index contributed by atoms with van der Waals surface area (Å²) in [6.45, 7) is 2.12. The fraction of sp³-hybridized carbons (Fsp3) is 0.591. The fourth-order valence-electron chi connectivity index (χ4n) is 4.12. The first-order valence-corrected chi connectivity index (χ1v) is 11.2. The van der Waals surface area contributed by atoms with Crippen LogP contribution in [0, 0.1) is 5.92 Å². The Labute approximate surface area is 183 Å². The van der Waals surface area contributed by atoms with Crippen LogP contribution in [0.1, 0.15) is 44.9 Å². The number of carbonyl (C=O) groups is 3. The third kappa shape index (κ3) is 6.90. The molecule has 0 atom stereocenters. The first kappa shape index (κ1) is 22.4. The van der Waals surface area contributed by atoms with Crippen molar-refractivity contribution in [2.24, 2.45) is 5.92 Å². The highest BCUT2D eigenvalue weighted by Gasteiger charge is 2.23. The van der Waals surface area contributed by atoms with Crippen LogP contribution in [0.3, 0.4) is 0 Å². The molecule has 1 aromatic rings. The van der Waals surface area contributed by atoms with E-state index in [1.54, 1.807) is 34.1 Å². The molecule has 0 radical (unpaired) electrons. The van der Waals surface area contributed by atoms with E-state index in [1.807, 2.05) is 0 Å². The molecule has 2 fully saturated rings. The van der Waals surface area contributed by atoms with Crippen molar-refractivity contribution in [3.05, 3.63) is 29.3 Å². The number of carbonyl (C=O) groups excluding carboxylic acids is 3. The van der Waals surface area contributed by atoms with Crippen molar-refractivity contribution < 1.29 is 14.4 Å². The third-order valence-corrected chi connectivity index (χ3v) is 6.12. The van der Waals surface area contributed by atoms with Gasteiger partial charge in [0.15, 0.2) is 0 Å². The van der Waals surface area contributed by atoms with Crippen LogP contribution in [-0.2, 0) is 9.59 Å². The van der Waals surface area contributed by atoms with Crippen LogP contribution in [0.5, 0.6) is 0 Å². The molecule has 2 N–H and O–H groups in total. The lowest BCUT2D eigenvalue weighted by Crippen LogP contribution is -2.43. The second kappa shape index (κ2) is 11.2. The zero-order valence-electron chi connectivity index (χ0n) is 17.4. The highest BCUT2D eigenvalue weighted by atomic mass is 35.5. The van der Waals surface area contributed by atoms with Gasteiger partial charge in [-0.2, -0.15) is 0 Å². The summed E-state index contributed by atoms with van der Waals surface area (Å²) in [5.74, 6) is 0.334. The predicted molar refractivity (Wildman–Crippen MR) is 117 cm³/mol. The zero-order chi connectivity index (χ0) is 21.3. The maximum atomic E-state index is 12.5. The van der Waals surface area contributed by atoms with Crippen molar-refractivity contribution in [3.8, 4) is 0 Å². The molecular weight excluding hydrogens is 404 g/mol. The molecule has 1 heterocycles. The first-order chi connectivity index (χ1) is 14.5. The molecule has 164 valence electrons. The van der Waals surface area contributed by atoms with E-state index >= 15 is 0 Å². The summed E-state index contributed by atoms with van der Waals surface area (Å²) in [6.07, 6.45) is 7.12. The number of rotatable bonds is 5. The molecular formula is C22H31ClN4O3. The Morgan fingerprint density at radius 1 is 0.900 bits per heavy atom. The summed E-state index contributed by atoms with van der Waals surface area (Å²) < 4.78 is 0. The van der Waals surface area contributed by atoms with Gasteiger partial charge in [0.25, 0.3) is 0 Å². The fourth-order valence-corrected chi connectivity index (χ4v) is 4.24. The van der Waals surface area contributed by atoms with Crippen molar-refractivity contribution in [2.75, 3.05) is 38.0 Å². The van der Waals surface area contributed by atoms with Gasteiger partial charge in [0.05, 0.1) is 6.54 Å². The highest BCUT2D eigenvalue weighted by molar-refractivity contribution is 6.30. The number of hydrogen-bond donors (Lipinski definition) is 2. The summed E-state index contributed by atoms with van der Waals surface area (Å²) in [5, 5.41) is 6.26. The van der Waals surface area contributed by atoms with Gasteiger partial charge < -0.3 is 20.4 Å². The van der Waals surface area contributed by atoms with E-state index in [1.165, 1.54) is 19.3 Å². The Balaban J connectivity index is 1.40. The number of nitrogens with one attached hydrogen (secondary N) is 2. The summed E-state index contributed by atoms with van der Waals surface area (Å²) in [5.41, 5.74) is 0.683. The lowest BCUT2D eigenvalue weighted by molar-refractivity contribution is -0.133. The molecule has 0 spiro atoms. The van der Waals surface area contributed by atoms with Crippen LogP contribution in [0.2, 0.25) is 5.02 Å². The Kier molecular flexibility index (Phi) is 8.37. The molecule has 4 amide bonds. The van der Waals surface area contributed by atoms with Crippen LogP contribution >= 0.6 is 11.6 Å². The van der Waals surface area contributed by atoms with Gasteiger partial charge in [0.1, 0.15) is 0 Å². The van der Waals surface area contributed by atoms with Gasteiger partial charge >= 0.3 is 6.03 Å². The third-order valence-electron chi connectivity index (χ3n) is 5.87. The molecule has 2 aliphatic rings. The molecule has 3 rings (SSSR count). The first-order valence-electron chi connectivity index (χ1n) is 10.9. The number of urea groups is 1. The lowest BCUT2D eigenvalue weighted by atomic mass is 9.87. The van der Waals surface area contributed by atoms with E-state index in [0.29, 0.717) is 55.6 Å². The molecule has 8 heteroatoms. The van der Waals surface area contributed by atoms with E-state index < -0.39 is 0 Å². The van der Waals surface area contributed by atoms with E-state index in [2.05, 4.69) is 10.6 Å². The van der Waals surface area contributed by atoms with E-state index in [0.717, 1.165) is 12.8 Å². The Morgan fingerprint density at radius 2 is 1.57 bits per heavy atom. The van der Waals surface area contributed by atoms with Gasteiger partial charge in [0, 0.05) is 43.3 Å². The average molecular weight is 435 g/mol. The molecule has 1 saturated carbocycles. The second-order valence-electron chi connectivity index (χ2n) is 8.14. The number of halogens is 1. The van der Waals surface area contributed by atoms with Gasteiger partial charge in [0.2, 0.25) is 11.8 Å². The molecule has 0 unspecified atom stereocenters. The van der Waals surface area contributed by atoms with E-state index in [-0.39, 0.29) is 24.4 Å². The van der Waals surface area contributed by atoms with Crippen LogP contribution in [0.4, 0.5) is 10.5 Å². The minimum Gasteiger partial charge on any atom is -0.347 e. The van der Waals surface area contributed by atoms with Gasteiger partial charge in [-0.15, -0.1) is 0 Å². The van der Waals surface area contributed by atoms with Crippen molar-refractivity contribution in [3.63, 3.8) is 0 Å². The number of amides is 4. The molecule has 30 heavy (non-hydrogen) atoms. The molecule has 7 nitrogen and oxygen atoms in total. The summed E-state index contributed by atoms with van der Waals surface area (Å²) >= 11 is 5.87. The normalized spacial score (nSPS) is 17.9. The quantitative estimate of drug-likeness (QED) is 0.744. The smallest absolute Gasteiger partial charge is 0.321 e. The molecule has 1 aliphatic heterocycles. The largest absolute Gasteiger partial charge is 0.347 e. The minimum atomic E-state index is -0.188. The van der Waals surface area contributed by atoms with Crippen LogP contribution in [0.15, 0.2) is 24.3 Å². The van der Waals surface area contributed by atoms with Gasteiger partial charge in [-0.1, -0.05) is 30.9 Å². The van der Waals surface area contributed by atoms with Crippen LogP contribution < -0.4 is 10.6 Å². The van der Waals surface area contributed by atoms with Crippen LogP contribution in [-0.4, -0.2) is 60.4 Å².